The van der Waals surface area contributed by atoms with E-state index in [0.717, 1.165) is 6.07 Å². The lowest BCUT2D eigenvalue weighted by molar-refractivity contribution is -0.140. The number of hydrogen-bond donors (Lipinski definition) is 2. The Morgan fingerprint density at radius 1 is 1.50 bits per heavy atom. The maximum Gasteiger partial charge on any atom is 0.322 e. The van der Waals surface area contributed by atoms with Crippen molar-refractivity contribution >= 4 is 31.9 Å². The molecule has 0 amide bonds. The van der Waals surface area contributed by atoms with E-state index < -0.39 is 38.7 Å². The zero-order valence-electron chi connectivity index (χ0n) is 12.3. The van der Waals surface area contributed by atoms with Crippen LogP contribution < -0.4 is 9.46 Å². The second-order valence-corrected chi connectivity index (χ2v) is 7.28. The van der Waals surface area contributed by atoms with Gasteiger partial charge >= 0.3 is 5.97 Å². The van der Waals surface area contributed by atoms with Crippen LogP contribution in [0.2, 0.25) is 0 Å². The second-order valence-electron chi connectivity index (χ2n) is 4.74. The molecule has 0 aliphatic heterocycles. The van der Waals surface area contributed by atoms with Crippen molar-refractivity contribution in [2.75, 3.05) is 7.11 Å². The lowest BCUT2D eigenvalue weighted by Gasteiger charge is -2.21. The molecule has 0 fully saturated rings. The molecule has 0 spiro atoms. The summed E-state index contributed by atoms with van der Waals surface area (Å²) in [6, 6.07) is 0.635. The number of hydrogen-bond acceptors (Lipinski definition) is 4. The third-order valence-corrected chi connectivity index (χ3v) is 5.33. The van der Waals surface area contributed by atoms with Crippen molar-refractivity contribution in [1.82, 2.24) is 4.72 Å². The number of halogens is 2. The summed E-state index contributed by atoms with van der Waals surface area (Å²) in [5.41, 5.74) is 0. The largest absolute Gasteiger partial charge is 0.495 e. The summed E-state index contributed by atoms with van der Waals surface area (Å²) in [5.74, 6) is -2.61. The Kier molecular flexibility index (Phi) is 6.33. The zero-order chi connectivity index (χ0) is 17.1. The third kappa shape index (κ3) is 4.17. The number of rotatable bonds is 7. The van der Waals surface area contributed by atoms with E-state index in [4.69, 9.17) is 4.74 Å². The van der Waals surface area contributed by atoms with Gasteiger partial charge in [-0.1, -0.05) is 20.3 Å². The summed E-state index contributed by atoms with van der Waals surface area (Å²) in [4.78, 5) is 10.8. The van der Waals surface area contributed by atoms with Crippen molar-refractivity contribution < 1.29 is 27.4 Å². The van der Waals surface area contributed by atoms with E-state index in [9.17, 15) is 22.7 Å². The van der Waals surface area contributed by atoms with Crippen molar-refractivity contribution in [2.24, 2.45) is 5.92 Å². The molecule has 6 nitrogen and oxygen atoms in total. The first-order valence-corrected chi connectivity index (χ1v) is 8.69. The number of ether oxygens (including phenoxy) is 1. The molecule has 0 saturated heterocycles. The lowest BCUT2D eigenvalue weighted by Crippen LogP contribution is -2.45. The van der Waals surface area contributed by atoms with Crippen LogP contribution in [-0.2, 0) is 14.8 Å². The molecule has 0 aromatic heterocycles. The van der Waals surface area contributed by atoms with Crippen LogP contribution in [0.5, 0.6) is 5.75 Å². The van der Waals surface area contributed by atoms with Crippen LogP contribution in [0, 0.1) is 11.7 Å². The second kappa shape index (κ2) is 7.38. The maximum atomic E-state index is 13.6. The Bertz CT molecular complexity index is 665. The van der Waals surface area contributed by atoms with Crippen LogP contribution in [0.1, 0.15) is 20.3 Å². The number of carbonyl (C=O) groups is 1. The van der Waals surface area contributed by atoms with E-state index in [1.807, 2.05) is 0 Å². The van der Waals surface area contributed by atoms with E-state index in [1.54, 1.807) is 13.8 Å². The fourth-order valence-corrected chi connectivity index (χ4v) is 3.54. The van der Waals surface area contributed by atoms with Crippen molar-refractivity contribution in [3.63, 3.8) is 0 Å². The first kappa shape index (κ1) is 18.9. The van der Waals surface area contributed by atoms with Gasteiger partial charge in [-0.3, -0.25) is 4.79 Å². The number of sulfonamides is 1. The number of methoxy groups -OCH3 is 1. The molecule has 1 aromatic carbocycles. The Morgan fingerprint density at radius 3 is 2.55 bits per heavy atom. The molecule has 0 unspecified atom stereocenters. The first-order chi connectivity index (χ1) is 10.1. The Morgan fingerprint density at radius 2 is 2.09 bits per heavy atom. The molecule has 0 heterocycles. The summed E-state index contributed by atoms with van der Waals surface area (Å²) >= 11 is 2.93. The van der Waals surface area contributed by atoms with Gasteiger partial charge in [0.25, 0.3) is 0 Å². The normalized spacial score (nSPS) is 14.4. The van der Waals surface area contributed by atoms with Crippen LogP contribution in [0.25, 0.3) is 0 Å². The molecule has 0 radical (unpaired) electrons. The Balaban J connectivity index is 3.29. The molecule has 0 aliphatic carbocycles. The predicted octanol–water partition coefficient (Wildman–Crippen LogP) is 2.37. The molecule has 0 aliphatic rings. The van der Waals surface area contributed by atoms with E-state index >= 15 is 0 Å². The van der Waals surface area contributed by atoms with Gasteiger partial charge < -0.3 is 9.84 Å². The number of benzene rings is 1. The highest BCUT2D eigenvalue weighted by atomic mass is 79.9. The van der Waals surface area contributed by atoms with Crippen molar-refractivity contribution in [2.45, 2.75) is 31.2 Å². The average molecular weight is 398 g/mol. The van der Waals surface area contributed by atoms with Gasteiger partial charge in [-0.05, 0) is 34.0 Å². The average Bonchev–Trinajstić information content (AvgIpc) is 2.45. The van der Waals surface area contributed by atoms with Crippen molar-refractivity contribution in [3.8, 4) is 5.75 Å². The van der Waals surface area contributed by atoms with Gasteiger partial charge in [-0.25, -0.2) is 12.8 Å². The number of aliphatic carboxylic acids is 1. The SMILES string of the molecule is CC[C@H](C)[C@H](NS(=O)(=O)c1cc(F)c(Br)cc1OC)C(=O)O. The highest BCUT2D eigenvalue weighted by molar-refractivity contribution is 9.10. The number of nitrogens with one attached hydrogen (secondary N) is 1. The van der Waals surface area contributed by atoms with Gasteiger partial charge in [0, 0.05) is 0 Å². The van der Waals surface area contributed by atoms with Gasteiger partial charge in [0.2, 0.25) is 10.0 Å². The van der Waals surface area contributed by atoms with Crippen molar-refractivity contribution in [3.05, 3.63) is 22.4 Å². The van der Waals surface area contributed by atoms with E-state index in [-0.39, 0.29) is 10.2 Å². The van der Waals surface area contributed by atoms with Gasteiger partial charge in [0.05, 0.1) is 11.6 Å². The minimum Gasteiger partial charge on any atom is -0.495 e. The van der Waals surface area contributed by atoms with Crippen molar-refractivity contribution in [1.29, 1.82) is 0 Å². The van der Waals surface area contributed by atoms with Gasteiger partial charge in [0.15, 0.2) is 0 Å². The number of carboxylic acid groups (broad SMARTS) is 1. The molecule has 0 bridgehead atoms. The summed E-state index contributed by atoms with van der Waals surface area (Å²) in [6.45, 7) is 3.36. The Labute approximate surface area is 136 Å². The standard InChI is InChI=1S/C13H17BrFNO5S/c1-4-7(2)12(13(17)18)16-22(19,20)11-6-9(15)8(14)5-10(11)21-3/h5-7,12,16H,4H2,1-3H3,(H,17,18)/t7-,12-/m0/s1. The summed E-state index contributed by atoms with van der Waals surface area (Å²) in [6.07, 6.45) is 0.464. The lowest BCUT2D eigenvalue weighted by atomic mass is 10.0. The highest BCUT2D eigenvalue weighted by Gasteiger charge is 2.31. The molecule has 1 rings (SSSR count). The van der Waals surface area contributed by atoms with Gasteiger partial charge in [-0.2, -0.15) is 4.72 Å². The van der Waals surface area contributed by atoms with Gasteiger partial charge in [-0.15, -0.1) is 0 Å². The van der Waals surface area contributed by atoms with Crippen LogP contribution >= 0.6 is 15.9 Å². The Hall–Kier alpha value is -1.19. The molecule has 0 saturated carbocycles. The molecule has 124 valence electrons. The minimum atomic E-state index is -4.26. The molecule has 2 N–H and O–H groups in total. The zero-order valence-corrected chi connectivity index (χ0v) is 14.7. The molecular formula is C13H17BrFNO5S. The van der Waals surface area contributed by atoms with E-state index in [2.05, 4.69) is 20.7 Å². The van der Waals surface area contributed by atoms with Crippen LogP contribution in [-0.4, -0.2) is 32.6 Å². The van der Waals surface area contributed by atoms with Gasteiger partial charge in [0.1, 0.15) is 22.5 Å². The van der Waals surface area contributed by atoms with Crippen LogP contribution in [0.4, 0.5) is 4.39 Å². The fraction of sp³-hybridized carbons (Fsp3) is 0.462. The number of carboxylic acids is 1. The fourth-order valence-electron chi connectivity index (χ4n) is 1.76. The molecule has 9 heteroatoms. The maximum absolute atomic E-state index is 13.6. The molecule has 1 aromatic rings. The topological polar surface area (TPSA) is 92.7 Å². The monoisotopic (exact) mass is 397 g/mol. The minimum absolute atomic E-state index is 0.0417. The molecule has 22 heavy (non-hydrogen) atoms. The summed E-state index contributed by atoms with van der Waals surface area (Å²) in [5, 5.41) is 9.17. The highest BCUT2D eigenvalue weighted by Crippen LogP contribution is 2.30. The summed E-state index contributed by atoms with van der Waals surface area (Å²) < 4.78 is 45.5. The van der Waals surface area contributed by atoms with E-state index in [0.29, 0.717) is 6.42 Å². The quantitative estimate of drug-likeness (QED) is 0.736. The third-order valence-electron chi connectivity index (χ3n) is 3.26. The van der Waals surface area contributed by atoms with Crippen LogP contribution in [0.15, 0.2) is 21.5 Å². The first-order valence-electron chi connectivity index (χ1n) is 6.42. The summed E-state index contributed by atoms with van der Waals surface area (Å²) in [7, 11) is -3.02. The molecule has 2 atom stereocenters. The predicted molar refractivity (Wildman–Crippen MR) is 81.9 cm³/mol. The van der Waals surface area contributed by atoms with Crippen LogP contribution in [0.3, 0.4) is 0 Å². The smallest absolute Gasteiger partial charge is 0.322 e. The molecular weight excluding hydrogens is 381 g/mol. The van der Waals surface area contributed by atoms with E-state index in [1.165, 1.54) is 13.2 Å².